The van der Waals surface area contributed by atoms with Crippen LogP contribution in [0.25, 0.3) is 0 Å². The number of carbonyl (C=O) groups excluding carboxylic acids is 1. The first-order valence-electron chi connectivity index (χ1n) is 5.47. The third-order valence-electron chi connectivity index (χ3n) is 2.09. The third kappa shape index (κ3) is 5.95. The predicted octanol–water partition coefficient (Wildman–Crippen LogP) is 1.25. The number of carbonyl (C=O) groups is 1. The molecule has 0 bridgehead atoms. The van der Waals surface area contributed by atoms with Crippen LogP contribution >= 0.6 is 23.8 Å². The molecule has 98 valence electrons. The minimum atomic E-state index is -0.517. The summed E-state index contributed by atoms with van der Waals surface area (Å²) in [5, 5.41) is 15.2. The molecule has 1 aromatic rings. The minimum absolute atomic E-state index is 0.208. The lowest BCUT2D eigenvalue weighted by Crippen LogP contribution is -2.42. The first-order chi connectivity index (χ1) is 8.47. The molecule has 0 fully saturated rings. The summed E-state index contributed by atoms with van der Waals surface area (Å²) in [5.41, 5.74) is 0.857. The molecule has 1 atom stereocenters. The summed E-state index contributed by atoms with van der Waals surface area (Å²) in [7, 11) is 0. The molecule has 0 aliphatic heterocycles. The van der Waals surface area contributed by atoms with Crippen molar-refractivity contribution >= 4 is 34.8 Å². The van der Waals surface area contributed by atoms with Gasteiger partial charge in [-0.3, -0.25) is 4.79 Å². The summed E-state index contributed by atoms with van der Waals surface area (Å²) in [4.78, 5) is 11.6. The maximum absolute atomic E-state index is 11.6. The number of aliphatic hydroxyl groups excluding tert-OH is 1. The highest BCUT2D eigenvalue weighted by Gasteiger charge is 2.06. The number of amides is 1. The van der Waals surface area contributed by atoms with Crippen molar-refractivity contribution < 1.29 is 9.90 Å². The van der Waals surface area contributed by atoms with Crippen LogP contribution in [-0.4, -0.2) is 28.8 Å². The zero-order chi connectivity index (χ0) is 13.5. The van der Waals surface area contributed by atoms with E-state index in [0.29, 0.717) is 11.6 Å². The van der Waals surface area contributed by atoms with Crippen molar-refractivity contribution in [1.82, 2.24) is 10.6 Å². The van der Waals surface area contributed by atoms with E-state index >= 15 is 0 Å². The van der Waals surface area contributed by atoms with Gasteiger partial charge in [-0.1, -0.05) is 23.7 Å². The molecule has 3 N–H and O–H groups in total. The van der Waals surface area contributed by atoms with E-state index in [1.54, 1.807) is 31.2 Å². The normalized spacial score (nSPS) is 11.7. The van der Waals surface area contributed by atoms with E-state index in [4.69, 9.17) is 28.9 Å². The Kier molecular flexibility index (Phi) is 6.04. The molecule has 0 aliphatic carbocycles. The average Bonchev–Trinajstić information content (AvgIpc) is 2.29. The summed E-state index contributed by atoms with van der Waals surface area (Å²) in [6.45, 7) is 1.94. The molecule has 1 amide bonds. The number of halogens is 1. The maximum Gasteiger partial charge on any atom is 0.230 e. The Morgan fingerprint density at radius 3 is 2.61 bits per heavy atom. The number of rotatable bonds is 4. The van der Waals surface area contributed by atoms with Crippen LogP contribution in [0.1, 0.15) is 12.5 Å². The van der Waals surface area contributed by atoms with E-state index in [2.05, 4.69) is 10.6 Å². The highest BCUT2D eigenvalue weighted by atomic mass is 35.5. The molecule has 18 heavy (non-hydrogen) atoms. The smallest absolute Gasteiger partial charge is 0.230 e. The van der Waals surface area contributed by atoms with Crippen LogP contribution in [0.4, 0.5) is 0 Å². The van der Waals surface area contributed by atoms with Crippen molar-refractivity contribution in [1.29, 1.82) is 0 Å². The van der Waals surface area contributed by atoms with Gasteiger partial charge in [0.05, 0.1) is 12.5 Å². The van der Waals surface area contributed by atoms with Crippen LogP contribution in [0, 0.1) is 0 Å². The number of nitrogens with one attached hydrogen (secondary N) is 2. The van der Waals surface area contributed by atoms with Gasteiger partial charge in [-0.2, -0.15) is 0 Å². The maximum atomic E-state index is 11.6. The zero-order valence-electron chi connectivity index (χ0n) is 9.94. The second-order valence-electron chi connectivity index (χ2n) is 3.91. The van der Waals surface area contributed by atoms with Crippen molar-refractivity contribution in [3.63, 3.8) is 0 Å². The number of aliphatic hydroxyl groups is 1. The molecule has 4 nitrogen and oxygen atoms in total. The molecule has 0 saturated carbocycles. The van der Waals surface area contributed by atoms with Gasteiger partial charge in [0.1, 0.15) is 0 Å². The fourth-order valence-corrected chi connectivity index (χ4v) is 1.57. The molecule has 0 heterocycles. The number of benzene rings is 1. The van der Waals surface area contributed by atoms with Crippen molar-refractivity contribution in [2.24, 2.45) is 0 Å². The van der Waals surface area contributed by atoms with Crippen LogP contribution in [0.3, 0.4) is 0 Å². The van der Waals surface area contributed by atoms with Gasteiger partial charge < -0.3 is 15.7 Å². The Hall–Kier alpha value is -1.17. The molecule has 0 aliphatic rings. The Morgan fingerprint density at radius 2 is 2.06 bits per heavy atom. The summed E-state index contributed by atoms with van der Waals surface area (Å²) < 4.78 is 0. The molecule has 6 heteroatoms. The monoisotopic (exact) mass is 286 g/mol. The van der Waals surface area contributed by atoms with E-state index in [9.17, 15) is 4.79 Å². The Morgan fingerprint density at radius 1 is 1.44 bits per heavy atom. The van der Waals surface area contributed by atoms with Gasteiger partial charge in [0.2, 0.25) is 5.91 Å². The highest BCUT2D eigenvalue weighted by Crippen LogP contribution is 2.09. The number of hydrogen-bond acceptors (Lipinski definition) is 3. The van der Waals surface area contributed by atoms with E-state index in [-0.39, 0.29) is 17.4 Å². The first kappa shape index (κ1) is 14.9. The number of thiocarbonyl (C=S) groups is 1. The molecule has 1 rings (SSSR count). The molecule has 1 aromatic carbocycles. The second kappa shape index (κ2) is 7.31. The minimum Gasteiger partial charge on any atom is -0.392 e. The van der Waals surface area contributed by atoms with Gasteiger partial charge in [0, 0.05) is 11.6 Å². The Labute approximate surface area is 116 Å². The Balaban J connectivity index is 2.37. The third-order valence-corrected chi connectivity index (χ3v) is 2.59. The van der Waals surface area contributed by atoms with E-state index < -0.39 is 6.10 Å². The van der Waals surface area contributed by atoms with Crippen molar-refractivity contribution in [2.45, 2.75) is 19.4 Å². The van der Waals surface area contributed by atoms with Crippen molar-refractivity contribution in [3.8, 4) is 0 Å². The summed E-state index contributed by atoms with van der Waals surface area (Å²) in [6, 6.07) is 7.03. The Bertz CT molecular complexity index is 421. The van der Waals surface area contributed by atoms with E-state index in [0.717, 1.165) is 5.56 Å². The lowest BCUT2D eigenvalue weighted by Gasteiger charge is -2.10. The van der Waals surface area contributed by atoms with Gasteiger partial charge in [0.15, 0.2) is 5.11 Å². The summed E-state index contributed by atoms with van der Waals surface area (Å²) in [5.74, 6) is -0.208. The SMILES string of the molecule is CC(O)CNC(=S)NC(=O)Cc1ccc(Cl)cc1. The lowest BCUT2D eigenvalue weighted by molar-refractivity contribution is -0.119. The molecule has 0 saturated heterocycles. The fraction of sp³-hybridized carbons (Fsp3) is 0.333. The van der Waals surface area contributed by atoms with Crippen LogP contribution in [0.15, 0.2) is 24.3 Å². The van der Waals surface area contributed by atoms with Crippen molar-refractivity contribution in [3.05, 3.63) is 34.9 Å². The lowest BCUT2D eigenvalue weighted by atomic mass is 10.1. The van der Waals surface area contributed by atoms with Crippen LogP contribution in [0.5, 0.6) is 0 Å². The second-order valence-corrected chi connectivity index (χ2v) is 4.76. The van der Waals surface area contributed by atoms with E-state index in [1.165, 1.54) is 0 Å². The van der Waals surface area contributed by atoms with Crippen LogP contribution < -0.4 is 10.6 Å². The van der Waals surface area contributed by atoms with Gasteiger partial charge >= 0.3 is 0 Å². The summed E-state index contributed by atoms with van der Waals surface area (Å²) >= 11 is 10.7. The largest absolute Gasteiger partial charge is 0.392 e. The number of hydrogen-bond donors (Lipinski definition) is 3. The molecule has 1 unspecified atom stereocenters. The predicted molar refractivity (Wildman–Crippen MR) is 75.6 cm³/mol. The van der Waals surface area contributed by atoms with Gasteiger partial charge in [0.25, 0.3) is 0 Å². The standard InChI is InChI=1S/C12H15ClN2O2S/c1-8(16)7-14-12(18)15-11(17)6-9-2-4-10(13)5-3-9/h2-5,8,16H,6-7H2,1H3,(H2,14,15,17,18). The molecule has 0 radical (unpaired) electrons. The zero-order valence-corrected chi connectivity index (χ0v) is 11.5. The molecular weight excluding hydrogens is 272 g/mol. The highest BCUT2D eigenvalue weighted by molar-refractivity contribution is 7.80. The quantitative estimate of drug-likeness (QED) is 0.729. The molecule has 0 spiro atoms. The van der Waals surface area contributed by atoms with Crippen molar-refractivity contribution in [2.75, 3.05) is 6.54 Å². The molecular formula is C12H15ClN2O2S. The first-order valence-corrected chi connectivity index (χ1v) is 6.26. The van der Waals surface area contributed by atoms with Gasteiger partial charge in [-0.25, -0.2) is 0 Å². The average molecular weight is 287 g/mol. The van der Waals surface area contributed by atoms with Gasteiger partial charge in [-0.05, 0) is 36.8 Å². The van der Waals surface area contributed by atoms with E-state index in [1.807, 2.05) is 0 Å². The topological polar surface area (TPSA) is 61.4 Å². The van der Waals surface area contributed by atoms with Gasteiger partial charge in [-0.15, -0.1) is 0 Å². The van der Waals surface area contributed by atoms with Crippen LogP contribution in [-0.2, 0) is 11.2 Å². The van der Waals surface area contributed by atoms with Crippen LogP contribution in [0.2, 0.25) is 5.02 Å². The fourth-order valence-electron chi connectivity index (χ4n) is 1.24. The summed E-state index contributed by atoms with van der Waals surface area (Å²) in [6.07, 6.45) is -0.288. The molecule has 0 aromatic heterocycles.